The van der Waals surface area contributed by atoms with Gasteiger partial charge in [0.2, 0.25) is 5.78 Å². The molecule has 0 saturated heterocycles. The van der Waals surface area contributed by atoms with Crippen molar-refractivity contribution in [3.05, 3.63) is 52.5 Å². The molecule has 20 heavy (non-hydrogen) atoms. The minimum absolute atomic E-state index is 0.115. The van der Waals surface area contributed by atoms with Gasteiger partial charge in [-0.3, -0.25) is 4.79 Å². The zero-order valence-electron chi connectivity index (χ0n) is 11.0. The minimum atomic E-state index is -0.388. The van der Waals surface area contributed by atoms with Crippen LogP contribution in [0.15, 0.2) is 36.4 Å². The van der Waals surface area contributed by atoms with Gasteiger partial charge in [0.25, 0.3) is 0 Å². The first kappa shape index (κ1) is 14.2. The molecule has 4 nitrogen and oxygen atoms in total. The van der Waals surface area contributed by atoms with Gasteiger partial charge in [0.1, 0.15) is 17.2 Å². The molecule has 104 valence electrons. The lowest BCUT2D eigenvalue weighted by Gasteiger charge is -2.10. The van der Waals surface area contributed by atoms with Gasteiger partial charge in [-0.05, 0) is 36.4 Å². The predicted molar refractivity (Wildman–Crippen MR) is 76.1 cm³/mol. The van der Waals surface area contributed by atoms with Crippen molar-refractivity contribution in [2.24, 2.45) is 0 Å². The Bertz CT molecular complexity index is 652. The number of ether oxygens (including phenoxy) is 2. The van der Waals surface area contributed by atoms with Crippen LogP contribution < -0.4 is 9.47 Å². The topological polar surface area (TPSA) is 55.8 Å². The zero-order chi connectivity index (χ0) is 14.7. The van der Waals surface area contributed by atoms with Crippen molar-refractivity contribution in [1.29, 1.82) is 0 Å². The average Bonchev–Trinajstić information content (AvgIpc) is 2.48. The standard InChI is InChI=1S/C15H13ClO4/c1-19-10-4-6-14(20-2)12(8-10)15(18)11-7-9(16)3-5-13(11)17/h3-8,17H,1-2H3. The Morgan fingerprint density at radius 1 is 1.05 bits per heavy atom. The Morgan fingerprint density at radius 2 is 1.80 bits per heavy atom. The maximum absolute atomic E-state index is 12.5. The van der Waals surface area contributed by atoms with Crippen LogP contribution in [0.2, 0.25) is 5.02 Å². The second-order valence-electron chi connectivity index (χ2n) is 4.06. The normalized spacial score (nSPS) is 10.2. The summed E-state index contributed by atoms with van der Waals surface area (Å²) in [5, 5.41) is 10.2. The molecule has 0 aliphatic carbocycles. The lowest BCUT2D eigenvalue weighted by atomic mass is 10.0. The largest absolute Gasteiger partial charge is 0.507 e. The molecule has 0 aromatic heterocycles. The highest BCUT2D eigenvalue weighted by atomic mass is 35.5. The molecule has 0 fully saturated rings. The van der Waals surface area contributed by atoms with Crippen molar-refractivity contribution >= 4 is 17.4 Å². The van der Waals surface area contributed by atoms with Gasteiger partial charge < -0.3 is 14.6 Å². The molecule has 0 heterocycles. The van der Waals surface area contributed by atoms with Crippen LogP contribution >= 0.6 is 11.6 Å². The first-order chi connectivity index (χ1) is 9.56. The van der Waals surface area contributed by atoms with Crippen LogP contribution in [0, 0.1) is 0 Å². The summed E-state index contributed by atoms with van der Waals surface area (Å²) in [7, 11) is 2.98. The third-order valence-electron chi connectivity index (χ3n) is 2.85. The molecule has 0 amide bonds. The number of phenolic OH excluding ortho intramolecular Hbond substituents is 1. The van der Waals surface area contributed by atoms with Gasteiger partial charge in [0.05, 0.1) is 25.3 Å². The Morgan fingerprint density at radius 3 is 2.45 bits per heavy atom. The van der Waals surface area contributed by atoms with Crippen molar-refractivity contribution in [1.82, 2.24) is 0 Å². The summed E-state index contributed by atoms with van der Waals surface area (Å²) in [5.41, 5.74) is 0.411. The monoisotopic (exact) mass is 292 g/mol. The maximum Gasteiger partial charge on any atom is 0.200 e. The van der Waals surface area contributed by atoms with Crippen LogP contribution in [-0.4, -0.2) is 25.1 Å². The van der Waals surface area contributed by atoms with E-state index in [2.05, 4.69) is 0 Å². The molecule has 0 unspecified atom stereocenters. The van der Waals surface area contributed by atoms with E-state index in [1.807, 2.05) is 0 Å². The highest BCUT2D eigenvalue weighted by Gasteiger charge is 2.19. The molecule has 2 aromatic carbocycles. The van der Waals surface area contributed by atoms with Crippen LogP contribution in [0.5, 0.6) is 17.2 Å². The number of ketones is 1. The van der Waals surface area contributed by atoms with Crippen molar-refractivity contribution in [2.45, 2.75) is 0 Å². The first-order valence-electron chi connectivity index (χ1n) is 5.82. The van der Waals surface area contributed by atoms with E-state index in [0.717, 1.165) is 0 Å². The van der Waals surface area contributed by atoms with Gasteiger partial charge >= 0.3 is 0 Å². The smallest absolute Gasteiger partial charge is 0.200 e. The van der Waals surface area contributed by atoms with Gasteiger partial charge in [0.15, 0.2) is 0 Å². The van der Waals surface area contributed by atoms with Crippen molar-refractivity contribution < 1.29 is 19.4 Å². The summed E-state index contributed by atoms with van der Waals surface area (Å²) in [5.74, 6) is 0.399. The number of phenols is 1. The fraction of sp³-hybridized carbons (Fsp3) is 0.133. The third kappa shape index (κ3) is 2.70. The second kappa shape index (κ2) is 5.84. The highest BCUT2D eigenvalue weighted by molar-refractivity contribution is 6.31. The molecule has 0 bridgehead atoms. The molecule has 2 aromatic rings. The molecule has 0 aliphatic rings. The van der Waals surface area contributed by atoms with Gasteiger partial charge in [-0.1, -0.05) is 11.6 Å². The van der Waals surface area contributed by atoms with Gasteiger partial charge in [-0.2, -0.15) is 0 Å². The van der Waals surface area contributed by atoms with E-state index >= 15 is 0 Å². The Balaban J connectivity index is 2.54. The zero-order valence-corrected chi connectivity index (χ0v) is 11.8. The molecule has 1 N–H and O–H groups in total. The lowest BCUT2D eigenvalue weighted by Crippen LogP contribution is -2.05. The number of hydrogen-bond donors (Lipinski definition) is 1. The number of benzene rings is 2. The number of carbonyl (C=O) groups excluding carboxylic acids is 1. The van der Waals surface area contributed by atoms with Crippen molar-refractivity contribution in [3.8, 4) is 17.2 Å². The van der Waals surface area contributed by atoms with Crippen molar-refractivity contribution in [2.75, 3.05) is 14.2 Å². The van der Waals surface area contributed by atoms with E-state index in [-0.39, 0.29) is 17.1 Å². The summed E-state index contributed by atoms with van der Waals surface area (Å²) in [6, 6.07) is 9.18. The van der Waals surface area contributed by atoms with Crippen LogP contribution in [0.3, 0.4) is 0 Å². The fourth-order valence-corrected chi connectivity index (χ4v) is 2.00. The molecule has 0 spiro atoms. The molecular formula is C15H13ClO4. The Hall–Kier alpha value is -2.20. The number of rotatable bonds is 4. The van der Waals surface area contributed by atoms with Crippen LogP contribution in [0.1, 0.15) is 15.9 Å². The number of carbonyl (C=O) groups is 1. The molecule has 0 aliphatic heterocycles. The van der Waals surface area contributed by atoms with E-state index in [4.69, 9.17) is 21.1 Å². The second-order valence-corrected chi connectivity index (χ2v) is 4.49. The summed E-state index contributed by atoms with van der Waals surface area (Å²) in [6.45, 7) is 0. The summed E-state index contributed by atoms with van der Waals surface area (Å²) in [6.07, 6.45) is 0. The van der Waals surface area contributed by atoms with Crippen LogP contribution in [-0.2, 0) is 0 Å². The quantitative estimate of drug-likeness (QED) is 0.879. The van der Waals surface area contributed by atoms with Crippen LogP contribution in [0.4, 0.5) is 0 Å². The number of aromatic hydroxyl groups is 1. The first-order valence-corrected chi connectivity index (χ1v) is 6.20. The van der Waals surface area contributed by atoms with Gasteiger partial charge in [0, 0.05) is 5.02 Å². The number of hydrogen-bond acceptors (Lipinski definition) is 4. The summed E-state index contributed by atoms with van der Waals surface area (Å²) < 4.78 is 10.3. The number of methoxy groups -OCH3 is 2. The average molecular weight is 293 g/mol. The van der Waals surface area contributed by atoms with E-state index < -0.39 is 0 Å². The SMILES string of the molecule is COc1ccc(OC)c(C(=O)c2cc(Cl)ccc2O)c1. The molecule has 2 rings (SSSR count). The molecule has 0 saturated carbocycles. The predicted octanol–water partition coefficient (Wildman–Crippen LogP) is 3.29. The van der Waals surface area contributed by atoms with Crippen molar-refractivity contribution in [3.63, 3.8) is 0 Å². The molecular weight excluding hydrogens is 280 g/mol. The van der Waals surface area contributed by atoms with E-state index in [1.54, 1.807) is 18.2 Å². The van der Waals surface area contributed by atoms with E-state index in [9.17, 15) is 9.90 Å². The molecule has 5 heteroatoms. The lowest BCUT2D eigenvalue weighted by molar-refractivity contribution is 0.103. The molecule has 0 radical (unpaired) electrons. The minimum Gasteiger partial charge on any atom is -0.507 e. The third-order valence-corrected chi connectivity index (χ3v) is 3.09. The van der Waals surface area contributed by atoms with E-state index in [0.29, 0.717) is 22.1 Å². The van der Waals surface area contributed by atoms with Gasteiger partial charge in [-0.15, -0.1) is 0 Å². The fourth-order valence-electron chi connectivity index (χ4n) is 1.83. The maximum atomic E-state index is 12.5. The molecule has 0 atom stereocenters. The van der Waals surface area contributed by atoms with Gasteiger partial charge in [-0.25, -0.2) is 0 Å². The Labute approximate surface area is 121 Å². The Kier molecular flexibility index (Phi) is 4.15. The number of halogens is 1. The van der Waals surface area contributed by atoms with Crippen LogP contribution in [0.25, 0.3) is 0 Å². The highest BCUT2D eigenvalue weighted by Crippen LogP contribution is 2.30. The van der Waals surface area contributed by atoms with E-state index in [1.165, 1.54) is 32.4 Å². The summed E-state index contributed by atoms with van der Waals surface area (Å²) in [4.78, 5) is 12.5. The summed E-state index contributed by atoms with van der Waals surface area (Å²) >= 11 is 5.86.